The van der Waals surface area contributed by atoms with E-state index in [2.05, 4.69) is 0 Å². The molecule has 0 amide bonds. The number of benzene rings is 2. The molecule has 4 rings (SSSR count). The fraction of sp³-hybridized carbons (Fsp3) is 0.176. The van der Waals surface area contributed by atoms with Crippen LogP contribution in [-0.2, 0) is 0 Å². The Kier molecular flexibility index (Phi) is 2.72. The van der Waals surface area contributed by atoms with Gasteiger partial charge in [-0.2, -0.15) is 0 Å². The highest BCUT2D eigenvalue weighted by Crippen LogP contribution is 2.42. The number of fused-ring (bicyclic) bond motifs is 2. The van der Waals surface area contributed by atoms with Gasteiger partial charge in [0.1, 0.15) is 17.6 Å². The molecule has 0 bridgehead atoms. The van der Waals surface area contributed by atoms with Crippen molar-refractivity contribution in [1.29, 1.82) is 0 Å². The van der Waals surface area contributed by atoms with E-state index in [0.29, 0.717) is 17.8 Å². The number of hydrogen-bond donors (Lipinski definition) is 1. The second-order valence-electron chi connectivity index (χ2n) is 5.21. The molecule has 2 aromatic carbocycles. The Morgan fingerprint density at radius 2 is 2.00 bits per heavy atom. The lowest BCUT2D eigenvalue weighted by Crippen LogP contribution is -2.11. The molecule has 0 radical (unpaired) electrons. The molecule has 0 spiro atoms. The van der Waals surface area contributed by atoms with Crippen LogP contribution in [0.2, 0.25) is 0 Å². The van der Waals surface area contributed by atoms with Crippen LogP contribution < -0.4 is 4.74 Å². The average molecular weight is 284 g/mol. The second-order valence-corrected chi connectivity index (χ2v) is 5.21. The van der Waals surface area contributed by atoms with Gasteiger partial charge < -0.3 is 14.3 Å². The number of aliphatic hydroxyl groups excluding tert-OH is 1. The largest absolute Gasteiger partial charge is 0.493 e. The van der Waals surface area contributed by atoms with E-state index in [1.54, 1.807) is 18.2 Å². The van der Waals surface area contributed by atoms with Crippen LogP contribution in [0, 0.1) is 5.82 Å². The fourth-order valence-electron chi connectivity index (χ4n) is 2.84. The SMILES string of the molecule is OC(c1cc2cccc(F)c2o1)C1COc2ccccc21. The van der Waals surface area contributed by atoms with Crippen molar-refractivity contribution in [2.45, 2.75) is 12.0 Å². The molecule has 2 heterocycles. The molecule has 3 nitrogen and oxygen atoms in total. The van der Waals surface area contributed by atoms with E-state index >= 15 is 0 Å². The Labute approximate surface area is 120 Å². The minimum absolute atomic E-state index is 0.179. The predicted molar refractivity (Wildman–Crippen MR) is 75.8 cm³/mol. The molecule has 0 saturated carbocycles. The van der Waals surface area contributed by atoms with Gasteiger partial charge in [-0.25, -0.2) is 4.39 Å². The number of aliphatic hydroxyl groups is 1. The zero-order valence-corrected chi connectivity index (χ0v) is 11.1. The van der Waals surface area contributed by atoms with Gasteiger partial charge >= 0.3 is 0 Å². The van der Waals surface area contributed by atoms with Crippen LogP contribution >= 0.6 is 0 Å². The molecule has 1 aromatic heterocycles. The number of hydrogen-bond acceptors (Lipinski definition) is 3. The van der Waals surface area contributed by atoms with Gasteiger partial charge in [0, 0.05) is 10.9 Å². The van der Waals surface area contributed by atoms with Gasteiger partial charge in [0.05, 0.1) is 12.5 Å². The van der Waals surface area contributed by atoms with Gasteiger partial charge in [0.25, 0.3) is 0 Å². The first-order valence-electron chi connectivity index (χ1n) is 6.82. The van der Waals surface area contributed by atoms with Crippen molar-refractivity contribution in [1.82, 2.24) is 0 Å². The quantitative estimate of drug-likeness (QED) is 0.778. The van der Waals surface area contributed by atoms with Gasteiger partial charge in [-0.15, -0.1) is 0 Å². The molecule has 0 saturated heterocycles. The molecule has 4 heteroatoms. The first kappa shape index (κ1) is 12.4. The van der Waals surface area contributed by atoms with Crippen molar-refractivity contribution in [3.8, 4) is 5.75 Å². The summed E-state index contributed by atoms with van der Waals surface area (Å²) in [5, 5.41) is 11.2. The van der Waals surface area contributed by atoms with Crippen LogP contribution in [0.3, 0.4) is 0 Å². The normalized spacial score (nSPS) is 18.5. The van der Waals surface area contributed by atoms with Crippen molar-refractivity contribution in [3.63, 3.8) is 0 Å². The Balaban J connectivity index is 1.74. The number of rotatable bonds is 2. The van der Waals surface area contributed by atoms with E-state index in [9.17, 15) is 9.50 Å². The molecule has 1 N–H and O–H groups in total. The van der Waals surface area contributed by atoms with Crippen LogP contribution in [0.5, 0.6) is 5.75 Å². The molecule has 2 unspecified atom stereocenters. The fourth-order valence-corrected chi connectivity index (χ4v) is 2.84. The summed E-state index contributed by atoms with van der Waals surface area (Å²) < 4.78 is 24.8. The summed E-state index contributed by atoms with van der Waals surface area (Å²) in [5.41, 5.74) is 1.13. The summed E-state index contributed by atoms with van der Waals surface area (Å²) in [4.78, 5) is 0. The Morgan fingerprint density at radius 3 is 2.86 bits per heavy atom. The highest BCUT2D eigenvalue weighted by atomic mass is 19.1. The number of halogens is 1. The predicted octanol–water partition coefficient (Wildman–Crippen LogP) is 3.78. The van der Waals surface area contributed by atoms with E-state index < -0.39 is 11.9 Å². The minimum atomic E-state index is -0.861. The summed E-state index contributed by atoms with van der Waals surface area (Å²) >= 11 is 0. The Hall–Kier alpha value is -2.33. The van der Waals surface area contributed by atoms with Crippen molar-refractivity contribution in [3.05, 3.63) is 65.7 Å². The van der Waals surface area contributed by atoms with Gasteiger partial charge in [-0.05, 0) is 18.2 Å². The topological polar surface area (TPSA) is 42.6 Å². The van der Waals surface area contributed by atoms with Crippen molar-refractivity contribution in [2.75, 3.05) is 6.61 Å². The van der Waals surface area contributed by atoms with Gasteiger partial charge in [-0.3, -0.25) is 0 Å². The smallest absolute Gasteiger partial charge is 0.170 e. The van der Waals surface area contributed by atoms with Gasteiger partial charge in [0.15, 0.2) is 11.4 Å². The molecular formula is C17H13FO3. The molecular weight excluding hydrogens is 271 g/mol. The van der Waals surface area contributed by atoms with E-state index in [0.717, 1.165) is 11.3 Å². The van der Waals surface area contributed by atoms with E-state index in [-0.39, 0.29) is 11.5 Å². The summed E-state index contributed by atoms with van der Waals surface area (Å²) in [6, 6.07) is 14.0. The van der Waals surface area contributed by atoms with Crippen LogP contribution in [0.4, 0.5) is 4.39 Å². The third-order valence-corrected chi connectivity index (χ3v) is 3.92. The first-order valence-corrected chi connectivity index (χ1v) is 6.82. The standard InChI is InChI=1S/C17H13FO3/c18-13-6-3-4-10-8-15(21-17(10)13)16(19)12-9-20-14-7-2-1-5-11(12)14/h1-8,12,16,19H,9H2. The molecule has 0 fully saturated rings. The average Bonchev–Trinajstić information content (AvgIpc) is 3.11. The third kappa shape index (κ3) is 1.91. The highest BCUT2D eigenvalue weighted by Gasteiger charge is 2.33. The zero-order chi connectivity index (χ0) is 14.4. The van der Waals surface area contributed by atoms with Gasteiger partial charge in [0.2, 0.25) is 0 Å². The van der Waals surface area contributed by atoms with Crippen LogP contribution in [0.25, 0.3) is 11.0 Å². The minimum Gasteiger partial charge on any atom is -0.493 e. The maximum atomic E-state index is 13.7. The molecule has 21 heavy (non-hydrogen) atoms. The number of ether oxygens (including phenoxy) is 1. The maximum Gasteiger partial charge on any atom is 0.170 e. The Bertz CT molecular complexity index is 809. The lowest BCUT2D eigenvalue weighted by atomic mass is 9.94. The van der Waals surface area contributed by atoms with Crippen molar-refractivity contribution >= 4 is 11.0 Å². The van der Waals surface area contributed by atoms with Crippen LogP contribution in [-0.4, -0.2) is 11.7 Å². The third-order valence-electron chi connectivity index (χ3n) is 3.92. The first-order chi connectivity index (χ1) is 10.2. The zero-order valence-electron chi connectivity index (χ0n) is 11.1. The van der Waals surface area contributed by atoms with Crippen molar-refractivity contribution < 1.29 is 18.7 Å². The number of para-hydroxylation sites is 2. The maximum absolute atomic E-state index is 13.7. The van der Waals surface area contributed by atoms with Crippen LogP contribution in [0.15, 0.2) is 52.9 Å². The molecule has 0 aliphatic carbocycles. The summed E-state index contributed by atoms with van der Waals surface area (Å²) in [7, 11) is 0. The summed E-state index contributed by atoms with van der Waals surface area (Å²) in [5.74, 6) is 0.517. The second kappa shape index (κ2) is 4.60. The molecule has 106 valence electrons. The molecule has 1 aliphatic heterocycles. The monoisotopic (exact) mass is 284 g/mol. The molecule has 3 aromatic rings. The summed E-state index contributed by atoms with van der Waals surface area (Å²) in [6.07, 6.45) is -0.861. The lowest BCUT2D eigenvalue weighted by Gasteiger charge is -2.14. The highest BCUT2D eigenvalue weighted by molar-refractivity contribution is 5.78. The van der Waals surface area contributed by atoms with Gasteiger partial charge in [-0.1, -0.05) is 30.3 Å². The number of furan rings is 1. The van der Waals surface area contributed by atoms with Crippen molar-refractivity contribution in [2.24, 2.45) is 0 Å². The molecule has 2 atom stereocenters. The van der Waals surface area contributed by atoms with E-state index in [1.807, 2.05) is 24.3 Å². The van der Waals surface area contributed by atoms with Crippen LogP contribution in [0.1, 0.15) is 23.3 Å². The van der Waals surface area contributed by atoms with E-state index in [4.69, 9.17) is 9.15 Å². The lowest BCUT2D eigenvalue weighted by molar-refractivity contribution is 0.109. The van der Waals surface area contributed by atoms with E-state index in [1.165, 1.54) is 6.07 Å². The Morgan fingerprint density at radius 1 is 1.14 bits per heavy atom. The summed E-state index contributed by atoms with van der Waals surface area (Å²) in [6.45, 7) is 0.389. The molecule has 1 aliphatic rings.